The van der Waals surface area contributed by atoms with Crippen LogP contribution in [0.5, 0.6) is 0 Å². The average Bonchev–Trinajstić information content (AvgIpc) is 2.98. The molecule has 1 unspecified atom stereocenters. The van der Waals surface area contributed by atoms with E-state index in [0.29, 0.717) is 9.85 Å². The van der Waals surface area contributed by atoms with Gasteiger partial charge in [0.1, 0.15) is 0 Å². The molecule has 2 heterocycles. The quantitative estimate of drug-likeness (QED) is 0.283. The molecule has 0 saturated carbocycles. The summed E-state index contributed by atoms with van der Waals surface area (Å²) in [7, 11) is 18.7. The Kier molecular flexibility index (Phi) is 5.00. The van der Waals surface area contributed by atoms with E-state index in [1.807, 2.05) is 54.6 Å². The van der Waals surface area contributed by atoms with E-state index in [2.05, 4.69) is 4.57 Å². The molecule has 3 nitrogen and oxygen atoms in total. The number of halogens is 3. The third kappa shape index (κ3) is 3.43. The van der Waals surface area contributed by atoms with Gasteiger partial charge in [0, 0.05) is 0 Å². The van der Waals surface area contributed by atoms with Crippen LogP contribution in [0.25, 0.3) is 16.6 Å². The zero-order valence-corrected chi connectivity index (χ0v) is 18.4. The molecule has 0 radical (unpaired) electrons. The normalized spacial score (nSPS) is 17.6. The summed E-state index contributed by atoms with van der Waals surface area (Å²) in [4.78, 5) is 13.2. The molecule has 0 amide bonds. The first kappa shape index (κ1) is 18.0. The van der Waals surface area contributed by atoms with Crippen LogP contribution >= 0.6 is 38.7 Å². The van der Waals surface area contributed by atoms with Crippen LogP contribution < -0.4 is 10.1 Å². The van der Waals surface area contributed by atoms with Crippen molar-refractivity contribution in [1.29, 1.82) is 0 Å². The first-order valence-electron chi connectivity index (χ1n) is 7.63. The Balaban J connectivity index is 2.03. The van der Waals surface area contributed by atoms with Crippen LogP contribution in [0, 0.1) is 0 Å². The van der Waals surface area contributed by atoms with Gasteiger partial charge in [-0.3, -0.25) is 0 Å². The van der Waals surface area contributed by atoms with Crippen molar-refractivity contribution in [2.75, 3.05) is 5.75 Å². The van der Waals surface area contributed by atoms with Gasteiger partial charge >= 0.3 is 166 Å². The van der Waals surface area contributed by atoms with Gasteiger partial charge in [-0.05, 0) is 0 Å². The van der Waals surface area contributed by atoms with Crippen LogP contribution in [-0.2, 0) is 0 Å². The minimum atomic E-state index is -3.33. The molecule has 3 aromatic rings. The van der Waals surface area contributed by atoms with Gasteiger partial charge < -0.3 is 0 Å². The van der Waals surface area contributed by atoms with Gasteiger partial charge in [0.25, 0.3) is 0 Å². The van der Waals surface area contributed by atoms with Crippen molar-refractivity contribution in [1.82, 2.24) is 4.57 Å². The minimum absolute atomic E-state index is 0.0168. The number of para-hydroxylation sites is 2. The average molecular weight is 528 g/mol. The van der Waals surface area contributed by atoms with Crippen molar-refractivity contribution in [2.24, 2.45) is 0 Å². The second-order valence-electron chi connectivity index (χ2n) is 5.78. The molecule has 0 bridgehead atoms. The number of hydrogen-bond acceptors (Lipinski definition) is 2. The topological polar surface area (TPSA) is 25.9 Å². The summed E-state index contributed by atoms with van der Waals surface area (Å²) in [6.45, 7) is 0. The van der Waals surface area contributed by atoms with Crippen LogP contribution in [0.15, 0.2) is 64.5 Å². The van der Waals surface area contributed by atoms with Crippen molar-refractivity contribution in [2.45, 2.75) is 15.7 Å². The van der Waals surface area contributed by atoms with Gasteiger partial charge in [0.15, 0.2) is 0 Å². The molecule has 0 saturated heterocycles. The molecular formula is C17H14Cl3N2OSTe+. The number of fused-ring (bicyclic) bond motifs is 3. The molecule has 1 aliphatic rings. The van der Waals surface area contributed by atoms with E-state index in [1.165, 1.54) is 0 Å². The molecule has 25 heavy (non-hydrogen) atoms. The van der Waals surface area contributed by atoms with Crippen LogP contribution in [-0.4, -0.2) is 25.1 Å². The van der Waals surface area contributed by atoms with Crippen molar-refractivity contribution in [3.05, 3.63) is 65.0 Å². The second kappa shape index (κ2) is 6.96. The van der Waals surface area contributed by atoms with Crippen molar-refractivity contribution < 1.29 is 4.57 Å². The monoisotopic (exact) mass is 529 g/mol. The first-order chi connectivity index (χ1) is 12.0. The Morgan fingerprint density at radius 2 is 1.76 bits per heavy atom. The maximum absolute atomic E-state index is 13.2. The molecule has 1 aliphatic heterocycles. The number of nitrogens with zero attached hydrogens (tertiary/aromatic N) is 2. The standard InChI is InChI=1S/C17H14Cl3N2OSTe/c18-25(19,20)11-13-10-24-17-21(13)15-9-5-4-8-14(15)16(23)22(17)12-6-2-1-3-7-12/h1-9,13H,10-11H2/q+1. The molecule has 1 aromatic heterocycles. The number of thioether (sulfide) groups is 1. The summed E-state index contributed by atoms with van der Waals surface area (Å²) >= 11 is -1.68. The molecule has 2 aromatic carbocycles. The van der Waals surface area contributed by atoms with Gasteiger partial charge in [-0.2, -0.15) is 0 Å². The molecular weight excluding hydrogens is 514 g/mol. The van der Waals surface area contributed by atoms with E-state index in [-0.39, 0.29) is 11.6 Å². The number of rotatable bonds is 3. The Bertz CT molecular complexity index is 1000. The van der Waals surface area contributed by atoms with Gasteiger partial charge in [0.2, 0.25) is 0 Å². The Hall–Kier alpha value is -0.410. The van der Waals surface area contributed by atoms with E-state index in [1.54, 1.807) is 16.3 Å². The summed E-state index contributed by atoms with van der Waals surface area (Å²) in [5.74, 6) is 0.806. The summed E-state index contributed by atoms with van der Waals surface area (Å²) in [6, 6.07) is 17.4. The zero-order chi connectivity index (χ0) is 17.6. The fraction of sp³-hybridized carbons (Fsp3) is 0.176. The van der Waals surface area contributed by atoms with Gasteiger partial charge in [-0.1, -0.05) is 0 Å². The zero-order valence-electron chi connectivity index (χ0n) is 12.9. The fourth-order valence-corrected chi connectivity index (χ4v) is 9.87. The van der Waals surface area contributed by atoms with Gasteiger partial charge in [-0.25, -0.2) is 0 Å². The molecule has 8 heteroatoms. The summed E-state index contributed by atoms with van der Waals surface area (Å²) in [6.07, 6.45) is 0. The number of benzene rings is 2. The Labute approximate surface area is 164 Å². The second-order valence-corrected chi connectivity index (χ2v) is 24.4. The molecule has 0 fully saturated rings. The third-order valence-corrected chi connectivity index (χ3v) is 10.1. The van der Waals surface area contributed by atoms with Crippen molar-refractivity contribution in [3.63, 3.8) is 0 Å². The van der Waals surface area contributed by atoms with Crippen molar-refractivity contribution >= 4 is 64.4 Å². The molecule has 1 atom stereocenters. The summed E-state index contributed by atoms with van der Waals surface area (Å²) in [5.41, 5.74) is 1.74. The predicted octanol–water partition coefficient (Wildman–Crippen LogP) is 4.58. The maximum atomic E-state index is 13.2. The van der Waals surface area contributed by atoms with E-state index in [4.69, 9.17) is 26.9 Å². The van der Waals surface area contributed by atoms with E-state index in [9.17, 15) is 4.79 Å². The van der Waals surface area contributed by atoms with E-state index < -0.39 is 14.8 Å². The first-order valence-corrected chi connectivity index (χ1v) is 19.1. The predicted molar refractivity (Wildman–Crippen MR) is 108 cm³/mol. The number of hydrogen-bond donors (Lipinski definition) is 0. The van der Waals surface area contributed by atoms with Gasteiger partial charge in [-0.15, -0.1) is 0 Å². The van der Waals surface area contributed by atoms with E-state index >= 15 is 0 Å². The number of aromatic nitrogens is 2. The molecule has 0 N–H and O–H groups in total. The molecule has 130 valence electrons. The SMILES string of the molecule is O=c1c2ccccc2[n+]2c(n1-c1ccccc1)SCC2C[Te](Cl)(Cl)Cl. The molecule has 0 spiro atoms. The molecule has 0 aliphatic carbocycles. The van der Waals surface area contributed by atoms with Crippen LogP contribution in [0.2, 0.25) is 4.47 Å². The van der Waals surface area contributed by atoms with E-state index in [0.717, 1.165) is 22.1 Å². The summed E-state index contributed by atoms with van der Waals surface area (Å²) < 4.78 is 4.54. The van der Waals surface area contributed by atoms with Gasteiger partial charge in [0.05, 0.1) is 0 Å². The summed E-state index contributed by atoms with van der Waals surface area (Å²) in [5, 5.41) is 1.58. The molecule has 4 rings (SSSR count). The van der Waals surface area contributed by atoms with Crippen LogP contribution in [0.4, 0.5) is 0 Å². The Morgan fingerprint density at radius 1 is 1.08 bits per heavy atom. The fourth-order valence-electron chi connectivity index (χ4n) is 3.16. The Morgan fingerprint density at radius 3 is 2.48 bits per heavy atom. The van der Waals surface area contributed by atoms with Crippen LogP contribution in [0.3, 0.4) is 0 Å². The third-order valence-electron chi connectivity index (χ3n) is 4.16. The van der Waals surface area contributed by atoms with Crippen LogP contribution in [0.1, 0.15) is 6.04 Å². The van der Waals surface area contributed by atoms with Crippen molar-refractivity contribution in [3.8, 4) is 5.69 Å².